The van der Waals surface area contributed by atoms with E-state index in [0.717, 1.165) is 18.4 Å². The van der Waals surface area contributed by atoms with Crippen LogP contribution in [0.5, 0.6) is 0 Å². The lowest BCUT2D eigenvalue weighted by Crippen LogP contribution is -2.41. The minimum Gasteiger partial charge on any atom is -0.381 e. The molecule has 0 aromatic heterocycles. The Bertz CT molecular complexity index is 613. The number of nitrogens with one attached hydrogen (secondary N) is 1. The normalized spacial score (nSPS) is 16.2. The molecule has 1 aromatic carbocycles. The number of rotatable bonds is 8. The molecule has 0 bridgehead atoms. The molecule has 1 fully saturated rings. The Morgan fingerprint density at radius 1 is 1.21 bits per heavy atom. The van der Waals surface area contributed by atoms with Crippen molar-refractivity contribution in [2.24, 2.45) is 5.92 Å². The van der Waals surface area contributed by atoms with Crippen LogP contribution in [0.1, 0.15) is 18.4 Å². The zero-order valence-corrected chi connectivity index (χ0v) is 14.9. The monoisotopic (exact) mass is 354 g/mol. The standard InChI is InChI=1S/C17H26N2O4S/c1-24(21,22)19(11-7-15-5-3-2-4-6-15)12-10-18-17(20)16-8-13-23-14-9-16/h2-6,16H,7-14H2,1H3,(H,18,20). The van der Waals surface area contributed by atoms with Gasteiger partial charge in [-0.2, -0.15) is 0 Å². The molecule has 7 heteroatoms. The van der Waals surface area contributed by atoms with Gasteiger partial charge in [0.15, 0.2) is 0 Å². The molecule has 0 saturated carbocycles. The highest BCUT2D eigenvalue weighted by atomic mass is 32.2. The summed E-state index contributed by atoms with van der Waals surface area (Å²) in [6.45, 7) is 2.27. The molecular weight excluding hydrogens is 328 g/mol. The molecule has 0 aliphatic carbocycles. The van der Waals surface area contributed by atoms with E-state index in [0.29, 0.717) is 39.3 Å². The number of nitrogens with zero attached hydrogens (tertiary/aromatic N) is 1. The van der Waals surface area contributed by atoms with Gasteiger partial charge >= 0.3 is 0 Å². The van der Waals surface area contributed by atoms with Crippen LogP contribution < -0.4 is 5.32 Å². The van der Waals surface area contributed by atoms with Crippen molar-refractivity contribution in [3.8, 4) is 0 Å². The van der Waals surface area contributed by atoms with Crippen molar-refractivity contribution in [1.82, 2.24) is 9.62 Å². The second-order valence-electron chi connectivity index (χ2n) is 6.08. The Morgan fingerprint density at radius 3 is 2.50 bits per heavy atom. The molecular formula is C17H26N2O4S. The van der Waals surface area contributed by atoms with Crippen LogP contribution in [-0.2, 0) is 26.0 Å². The predicted octanol–water partition coefficient (Wildman–Crippen LogP) is 1.03. The largest absolute Gasteiger partial charge is 0.381 e. The molecule has 1 aliphatic rings. The molecule has 1 aromatic rings. The Hall–Kier alpha value is -1.44. The summed E-state index contributed by atoms with van der Waals surface area (Å²) >= 11 is 0. The van der Waals surface area contributed by atoms with Crippen molar-refractivity contribution in [2.45, 2.75) is 19.3 Å². The summed E-state index contributed by atoms with van der Waals surface area (Å²) in [6.07, 6.45) is 3.32. The average molecular weight is 354 g/mol. The summed E-state index contributed by atoms with van der Waals surface area (Å²) in [5, 5.41) is 2.85. The maximum atomic E-state index is 12.1. The maximum Gasteiger partial charge on any atom is 0.223 e. The van der Waals surface area contributed by atoms with E-state index in [1.54, 1.807) is 0 Å². The first-order valence-corrected chi connectivity index (χ1v) is 10.2. The van der Waals surface area contributed by atoms with Gasteiger partial charge in [-0.3, -0.25) is 4.79 Å². The Labute approximate surface area is 144 Å². The first-order chi connectivity index (χ1) is 11.5. The minimum absolute atomic E-state index is 0.00481. The van der Waals surface area contributed by atoms with Crippen LogP contribution in [-0.4, -0.2) is 57.7 Å². The molecule has 6 nitrogen and oxygen atoms in total. The van der Waals surface area contributed by atoms with E-state index in [1.165, 1.54) is 10.6 Å². The fraction of sp³-hybridized carbons (Fsp3) is 0.588. The van der Waals surface area contributed by atoms with Gasteiger partial charge in [-0.1, -0.05) is 30.3 Å². The number of benzene rings is 1. The third-order valence-electron chi connectivity index (χ3n) is 4.21. The van der Waals surface area contributed by atoms with E-state index in [-0.39, 0.29) is 11.8 Å². The molecule has 1 heterocycles. The highest BCUT2D eigenvalue weighted by molar-refractivity contribution is 7.88. The first kappa shape index (κ1) is 18.9. The van der Waals surface area contributed by atoms with Crippen molar-refractivity contribution in [1.29, 1.82) is 0 Å². The zero-order valence-electron chi connectivity index (χ0n) is 14.1. The second-order valence-corrected chi connectivity index (χ2v) is 8.06. The molecule has 1 N–H and O–H groups in total. The van der Waals surface area contributed by atoms with Gasteiger partial charge in [-0.05, 0) is 24.8 Å². The van der Waals surface area contributed by atoms with Crippen LogP contribution in [0, 0.1) is 5.92 Å². The molecule has 1 amide bonds. The van der Waals surface area contributed by atoms with Crippen molar-refractivity contribution in [3.63, 3.8) is 0 Å². The number of carbonyl (C=O) groups excluding carboxylic acids is 1. The number of amides is 1. The van der Waals surface area contributed by atoms with Gasteiger partial charge in [-0.25, -0.2) is 12.7 Å². The topological polar surface area (TPSA) is 75.7 Å². The van der Waals surface area contributed by atoms with Crippen LogP contribution in [0.25, 0.3) is 0 Å². The quantitative estimate of drug-likeness (QED) is 0.757. The van der Waals surface area contributed by atoms with Crippen molar-refractivity contribution >= 4 is 15.9 Å². The van der Waals surface area contributed by atoms with Gasteiger partial charge in [0.1, 0.15) is 0 Å². The Morgan fingerprint density at radius 2 is 1.88 bits per heavy atom. The van der Waals surface area contributed by atoms with E-state index in [1.807, 2.05) is 30.3 Å². The first-order valence-electron chi connectivity index (χ1n) is 8.31. The summed E-state index contributed by atoms with van der Waals surface area (Å²) in [7, 11) is -3.30. The Balaban J connectivity index is 1.80. The van der Waals surface area contributed by atoms with Crippen LogP contribution >= 0.6 is 0 Å². The van der Waals surface area contributed by atoms with E-state index >= 15 is 0 Å². The SMILES string of the molecule is CS(=O)(=O)N(CCNC(=O)C1CCOCC1)CCc1ccccc1. The predicted molar refractivity (Wildman–Crippen MR) is 93.1 cm³/mol. The molecule has 134 valence electrons. The lowest BCUT2D eigenvalue weighted by molar-refractivity contribution is -0.127. The highest BCUT2D eigenvalue weighted by Crippen LogP contribution is 2.14. The highest BCUT2D eigenvalue weighted by Gasteiger charge is 2.22. The van der Waals surface area contributed by atoms with Gasteiger partial charge in [0.25, 0.3) is 0 Å². The van der Waals surface area contributed by atoms with Gasteiger partial charge in [0, 0.05) is 38.8 Å². The third kappa shape index (κ3) is 6.22. The second kappa shape index (κ2) is 9.15. The lowest BCUT2D eigenvalue weighted by Gasteiger charge is -2.23. The number of hydrogen-bond acceptors (Lipinski definition) is 4. The maximum absolute atomic E-state index is 12.1. The van der Waals surface area contributed by atoms with Gasteiger partial charge < -0.3 is 10.1 Å². The number of hydrogen-bond donors (Lipinski definition) is 1. The van der Waals surface area contributed by atoms with Crippen molar-refractivity contribution < 1.29 is 17.9 Å². The molecule has 0 atom stereocenters. The van der Waals surface area contributed by atoms with Gasteiger partial charge in [-0.15, -0.1) is 0 Å². The molecule has 1 saturated heterocycles. The minimum atomic E-state index is -3.30. The summed E-state index contributed by atoms with van der Waals surface area (Å²) in [5.41, 5.74) is 1.09. The fourth-order valence-corrected chi connectivity index (χ4v) is 3.60. The number of sulfonamides is 1. The molecule has 2 rings (SSSR count). The summed E-state index contributed by atoms with van der Waals surface area (Å²) in [4.78, 5) is 12.1. The van der Waals surface area contributed by atoms with Crippen molar-refractivity contribution in [2.75, 3.05) is 39.1 Å². The van der Waals surface area contributed by atoms with E-state index in [9.17, 15) is 13.2 Å². The van der Waals surface area contributed by atoms with Gasteiger partial charge in [0.05, 0.1) is 6.26 Å². The molecule has 0 spiro atoms. The number of ether oxygens (including phenoxy) is 1. The van der Waals surface area contributed by atoms with E-state index in [4.69, 9.17) is 4.74 Å². The third-order valence-corrected chi connectivity index (χ3v) is 5.52. The Kier molecular flexibility index (Phi) is 7.20. The summed E-state index contributed by atoms with van der Waals surface area (Å²) in [5.74, 6) is -0.0236. The summed E-state index contributed by atoms with van der Waals surface area (Å²) in [6, 6.07) is 9.77. The summed E-state index contributed by atoms with van der Waals surface area (Å²) < 4.78 is 30.5. The van der Waals surface area contributed by atoms with Crippen LogP contribution in [0.2, 0.25) is 0 Å². The number of carbonyl (C=O) groups is 1. The fourth-order valence-electron chi connectivity index (χ4n) is 2.75. The van der Waals surface area contributed by atoms with E-state index < -0.39 is 10.0 Å². The van der Waals surface area contributed by atoms with E-state index in [2.05, 4.69) is 5.32 Å². The van der Waals surface area contributed by atoms with Crippen LogP contribution in [0.3, 0.4) is 0 Å². The van der Waals surface area contributed by atoms with Crippen molar-refractivity contribution in [3.05, 3.63) is 35.9 Å². The molecule has 0 radical (unpaired) electrons. The molecule has 24 heavy (non-hydrogen) atoms. The van der Waals surface area contributed by atoms with Crippen LogP contribution in [0.4, 0.5) is 0 Å². The average Bonchev–Trinajstić information content (AvgIpc) is 2.58. The molecule has 1 aliphatic heterocycles. The zero-order chi connectivity index (χ0) is 17.4. The lowest BCUT2D eigenvalue weighted by atomic mass is 9.99. The van der Waals surface area contributed by atoms with Gasteiger partial charge in [0.2, 0.25) is 15.9 Å². The van der Waals surface area contributed by atoms with Crippen LogP contribution in [0.15, 0.2) is 30.3 Å². The molecule has 0 unspecified atom stereocenters. The smallest absolute Gasteiger partial charge is 0.223 e.